The highest BCUT2D eigenvalue weighted by atomic mass is 31.1. The van der Waals surface area contributed by atoms with E-state index in [0.29, 0.717) is 5.92 Å². The number of nitrogens with zero attached hydrogens (tertiary/aromatic N) is 2. The molecule has 142 valence electrons. The smallest absolute Gasteiger partial charge is 0.0948 e. The highest BCUT2D eigenvalue weighted by Crippen LogP contribution is 2.31. The minimum absolute atomic E-state index is 0.0455. The highest BCUT2D eigenvalue weighted by Gasteiger charge is 2.20. The minimum Gasteiger partial charge on any atom is -0.276 e. The summed E-state index contributed by atoms with van der Waals surface area (Å²) in [4.78, 5) is 0. The van der Waals surface area contributed by atoms with Crippen molar-refractivity contribution < 1.29 is 0 Å². The second-order valence-electron chi connectivity index (χ2n) is 7.03. The second-order valence-corrected chi connectivity index (χ2v) is 7.92. The summed E-state index contributed by atoms with van der Waals surface area (Å²) >= 11 is 0. The first-order valence-electron chi connectivity index (χ1n) is 9.63. The first kappa shape index (κ1) is 20.1. The number of aryl methyl sites for hydroxylation is 1. The van der Waals surface area contributed by atoms with Gasteiger partial charge in [-0.25, -0.2) is 5.43 Å². The molecule has 0 radical (unpaired) electrons. The lowest BCUT2D eigenvalue weighted by Crippen LogP contribution is -2.38. The van der Waals surface area contributed by atoms with E-state index in [2.05, 4.69) is 79.1 Å². The summed E-state index contributed by atoms with van der Waals surface area (Å²) < 4.78 is 0. The summed E-state index contributed by atoms with van der Waals surface area (Å²) in [5.74, 6) is 0.366. The quantitative estimate of drug-likeness (QED) is 0.467. The van der Waals surface area contributed by atoms with Gasteiger partial charge in [0, 0.05) is 5.57 Å². The molecule has 0 saturated carbocycles. The number of anilines is 1. The van der Waals surface area contributed by atoms with Crippen molar-refractivity contribution in [3.63, 3.8) is 0 Å². The van der Waals surface area contributed by atoms with Gasteiger partial charge >= 0.3 is 0 Å². The summed E-state index contributed by atoms with van der Waals surface area (Å²) in [7, 11) is 0.979. The van der Waals surface area contributed by atoms with E-state index < -0.39 is 0 Å². The van der Waals surface area contributed by atoms with Crippen LogP contribution in [0, 0.1) is 17.2 Å². The van der Waals surface area contributed by atoms with Crippen LogP contribution in [0.1, 0.15) is 37.2 Å². The van der Waals surface area contributed by atoms with Crippen molar-refractivity contribution in [3.8, 4) is 6.07 Å². The number of hydrogen-bond acceptors (Lipinski definition) is 3. The number of benzene rings is 2. The van der Waals surface area contributed by atoms with Gasteiger partial charge in [-0.3, -0.25) is 5.01 Å². The molecule has 0 aliphatic heterocycles. The third kappa shape index (κ3) is 4.78. The number of hydrogen-bond donors (Lipinski definition) is 1. The van der Waals surface area contributed by atoms with Gasteiger partial charge in [0.15, 0.2) is 0 Å². The zero-order valence-electron chi connectivity index (χ0n) is 16.5. The van der Waals surface area contributed by atoms with Crippen LogP contribution in [0.3, 0.4) is 0 Å². The molecule has 4 heteroatoms. The summed E-state index contributed by atoms with van der Waals surface area (Å²) in [6, 6.07) is 21.3. The van der Waals surface area contributed by atoms with Crippen LogP contribution in [0.5, 0.6) is 0 Å². The van der Waals surface area contributed by atoms with Crippen molar-refractivity contribution in [3.05, 3.63) is 89.1 Å². The summed E-state index contributed by atoms with van der Waals surface area (Å²) in [6.07, 6.45) is 10.1. The predicted molar refractivity (Wildman–Crippen MR) is 120 cm³/mol. The molecule has 2 atom stereocenters. The van der Waals surface area contributed by atoms with Gasteiger partial charge in [-0.15, -0.1) is 0 Å². The average molecular weight is 387 g/mol. The van der Waals surface area contributed by atoms with Crippen LogP contribution < -0.4 is 10.4 Å². The molecule has 0 bridgehead atoms. The molecule has 2 unspecified atom stereocenters. The highest BCUT2D eigenvalue weighted by molar-refractivity contribution is 7.37. The maximum Gasteiger partial charge on any atom is 0.0948 e. The van der Waals surface area contributed by atoms with Gasteiger partial charge in [-0.05, 0) is 48.1 Å². The van der Waals surface area contributed by atoms with Crippen LogP contribution in [0.4, 0.5) is 5.69 Å². The predicted octanol–water partition coefficient (Wildman–Crippen LogP) is 6.01. The Bertz CT molecular complexity index is 907. The molecular formula is C24H26N3P. The normalized spacial score (nSPS) is 17.4. The van der Waals surface area contributed by atoms with Crippen molar-refractivity contribution in [2.75, 3.05) is 5.01 Å². The maximum atomic E-state index is 9.46. The lowest BCUT2D eigenvalue weighted by Gasteiger charge is -2.32. The van der Waals surface area contributed by atoms with Crippen LogP contribution >= 0.6 is 8.20 Å². The van der Waals surface area contributed by atoms with E-state index in [0.717, 1.165) is 38.0 Å². The Morgan fingerprint density at radius 1 is 1.21 bits per heavy atom. The average Bonchev–Trinajstić information content (AvgIpc) is 2.75. The van der Waals surface area contributed by atoms with Gasteiger partial charge in [-0.2, -0.15) is 5.26 Å². The van der Waals surface area contributed by atoms with Gasteiger partial charge < -0.3 is 0 Å². The van der Waals surface area contributed by atoms with E-state index in [4.69, 9.17) is 0 Å². The summed E-state index contributed by atoms with van der Waals surface area (Å²) in [5, 5.41) is 11.6. The summed E-state index contributed by atoms with van der Waals surface area (Å²) in [5.41, 5.74) is 9.00. The monoisotopic (exact) mass is 387 g/mol. The van der Waals surface area contributed by atoms with Gasteiger partial charge in [0.05, 0.1) is 23.2 Å². The molecule has 28 heavy (non-hydrogen) atoms. The Balaban J connectivity index is 2.00. The van der Waals surface area contributed by atoms with E-state index in [-0.39, 0.29) is 5.78 Å². The molecule has 0 spiro atoms. The molecule has 0 saturated heterocycles. The number of allylic oxidation sites excluding steroid dienone is 3. The molecule has 3 nitrogen and oxygen atoms in total. The van der Waals surface area contributed by atoms with E-state index in [1.165, 1.54) is 11.1 Å². The van der Waals surface area contributed by atoms with E-state index in [1.54, 1.807) is 0 Å². The summed E-state index contributed by atoms with van der Waals surface area (Å²) in [6.45, 7) is 4.31. The topological polar surface area (TPSA) is 39.1 Å². The third-order valence-corrected chi connectivity index (χ3v) is 5.65. The van der Waals surface area contributed by atoms with E-state index in [9.17, 15) is 5.26 Å². The van der Waals surface area contributed by atoms with Gasteiger partial charge in [0.1, 0.15) is 0 Å². The molecule has 0 fully saturated rings. The van der Waals surface area contributed by atoms with Gasteiger partial charge in [0.25, 0.3) is 0 Å². The molecule has 0 amide bonds. The molecule has 1 aliphatic carbocycles. The lowest BCUT2D eigenvalue weighted by atomic mass is 9.94. The fourth-order valence-corrected chi connectivity index (χ4v) is 3.94. The fourth-order valence-electron chi connectivity index (χ4n) is 3.36. The van der Waals surface area contributed by atoms with Crippen molar-refractivity contribution in [2.24, 2.45) is 5.92 Å². The van der Waals surface area contributed by atoms with Crippen LogP contribution in [0.15, 0.2) is 78.0 Å². The van der Waals surface area contributed by atoms with E-state index in [1.807, 2.05) is 24.3 Å². The van der Waals surface area contributed by atoms with Crippen molar-refractivity contribution in [2.45, 2.75) is 32.5 Å². The zero-order valence-corrected chi connectivity index (χ0v) is 17.4. The first-order valence-corrected chi connectivity index (χ1v) is 10.8. The molecule has 2 aromatic carbocycles. The van der Waals surface area contributed by atoms with Crippen LogP contribution in [0.2, 0.25) is 0 Å². The molecular weight excluding hydrogens is 361 g/mol. The van der Waals surface area contributed by atoms with Gasteiger partial charge in [-0.1, -0.05) is 76.9 Å². The molecule has 0 heterocycles. The number of rotatable bonds is 7. The third-order valence-electron chi connectivity index (χ3n) is 4.87. The second kappa shape index (κ2) is 9.51. The Morgan fingerprint density at radius 2 is 1.93 bits per heavy atom. The Kier molecular flexibility index (Phi) is 6.82. The Hall–Kier alpha value is -2.66. The number of nitrogens with one attached hydrogen (secondary N) is 1. The van der Waals surface area contributed by atoms with Crippen LogP contribution in [-0.4, -0.2) is 6.30 Å². The maximum absolute atomic E-state index is 9.46. The molecule has 1 N–H and O–H groups in total. The number of hydrazine groups is 1. The van der Waals surface area contributed by atoms with Crippen LogP contribution in [-0.2, 0) is 6.42 Å². The minimum atomic E-state index is 0.0455. The lowest BCUT2D eigenvalue weighted by molar-refractivity contribution is 0.645. The first-order chi connectivity index (χ1) is 13.6. The van der Waals surface area contributed by atoms with E-state index >= 15 is 0 Å². The van der Waals surface area contributed by atoms with Crippen LogP contribution in [0.25, 0.3) is 0 Å². The molecule has 2 aromatic rings. The SMILES string of the molecule is C=PC(NN(C1=CC(C)CC(C#N)=C1)c1ccc(CC)cc1)c1ccccc1. The zero-order chi connectivity index (χ0) is 19.9. The van der Waals surface area contributed by atoms with Crippen molar-refractivity contribution in [1.82, 2.24) is 5.43 Å². The molecule has 3 rings (SSSR count). The standard InChI is InChI=1S/C24H26N3P/c1-4-19-10-12-22(13-11-19)27(23-15-18(2)14-20(16-23)17-25)26-24(28-3)21-8-6-5-7-9-21/h5-13,15-16,18,24,26H,3-4,14H2,1-2H3. The fraction of sp³-hybridized carbons (Fsp3) is 0.250. The molecule has 1 aliphatic rings. The largest absolute Gasteiger partial charge is 0.276 e. The number of nitriles is 1. The van der Waals surface area contributed by atoms with Crippen molar-refractivity contribution >= 4 is 20.2 Å². The Labute approximate surface area is 169 Å². The van der Waals surface area contributed by atoms with Crippen molar-refractivity contribution in [1.29, 1.82) is 5.26 Å². The molecule has 0 aromatic heterocycles. The van der Waals surface area contributed by atoms with Gasteiger partial charge in [0.2, 0.25) is 0 Å². The Morgan fingerprint density at radius 3 is 2.54 bits per heavy atom.